The lowest BCUT2D eigenvalue weighted by molar-refractivity contribution is -0.385. The van der Waals surface area contributed by atoms with E-state index in [1.165, 1.54) is 30.3 Å². The van der Waals surface area contributed by atoms with Crippen LogP contribution in [0.1, 0.15) is 11.1 Å². The first-order valence-electron chi connectivity index (χ1n) is 6.06. The van der Waals surface area contributed by atoms with Gasteiger partial charge in [-0.3, -0.25) is 10.1 Å². The third-order valence-corrected chi connectivity index (χ3v) is 3.11. The summed E-state index contributed by atoms with van der Waals surface area (Å²) in [5.74, 6) is -0.572. The highest BCUT2D eigenvalue weighted by Crippen LogP contribution is 2.27. The molecule has 110 valence electrons. The largest absolute Gasteiger partial charge is 0.485 e. The van der Waals surface area contributed by atoms with Gasteiger partial charge in [0.1, 0.15) is 6.61 Å². The molecule has 0 bridgehead atoms. The van der Waals surface area contributed by atoms with Crippen molar-refractivity contribution in [2.75, 3.05) is 0 Å². The predicted octanol–water partition coefficient (Wildman–Crippen LogP) is 3.43. The van der Waals surface area contributed by atoms with Crippen LogP contribution in [-0.2, 0) is 13.2 Å². The number of benzene rings is 2. The molecule has 0 spiro atoms. The van der Waals surface area contributed by atoms with Gasteiger partial charge in [0.25, 0.3) is 5.69 Å². The smallest absolute Gasteiger partial charge is 0.276 e. The Morgan fingerprint density at radius 2 is 2.05 bits per heavy atom. The van der Waals surface area contributed by atoms with Crippen molar-refractivity contribution in [2.24, 2.45) is 5.73 Å². The minimum atomic E-state index is -0.567. The van der Waals surface area contributed by atoms with Crippen molar-refractivity contribution in [3.63, 3.8) is 0 Å². The molecule has 21 heavy (non-hydrogen) atoms. The van der Waals surface area contributed by atoms with E-state index < -0.39 is 10.7 Å². The van der Waals surface area contributed by atoms with Gasteiger partial charge in [-0.2, -0.15) is 0 Å². The highest BCUT2D eigenvalue weighted by Gasteiger charge is 2.16. The monoisotopic (exact) mass is 310 g/mol. The van der Waals surface area contributed by atoms with Gasteiger partial charge in [0.05, 0.1) is 10.5 Å². The fourth-order valence-electron chi connectivity index (χ4n) is 1.87. The van der Waals surface area contributed by atoms with Crippen LogP contribution >= 0.6 is 11.6 Å². The number of ether oxygens (including phenoxy) is 1. The third-order valence-electron chi connectivity index (χ3n) is 2.88. The zero-order chi connectivity index (χ0) is 15.4. The lowest BCUT2D eigenvalue weighted by atomic mass is 10.1. The maximum atomic E-state index is 13.7. The second kappa shape index (κ2) is 6.51. The summed E-state index contributed by atoms with van der Waals surface area (Å²) in [6.07, 6.45) is 0. The molecule has 0 unspecified atom stereocenters. The van der Waals surface area contributed by atoms with Crippen molar-refractivity contribution >= 4 is 17.3 Å². The van der Waals surface area contributed by atoms with Crippen molar-refractivity contribution in [1.29, 1.82) is 0 Å². The van der Waals surface area contributed by atoms with Crippen LogP contribution in [0.3, 0.4) is 0 Å². The van der Waals surface area contributed by atoms with E-state index in [4.69, 9.17) is 22.1 Å². The van der Waals surface area contributed by atoms with Crippen molar-refractivity contribution in [3.8, 4) is 5.75 Å². The predicted molar refractivity (Wildman–Crippen MR) is 76.7 cm³/mol. The van der Waals surface area contributed by atoms with E-state index in [-0.39, 0.29) is 30.2 Å². The molecule has 2 aromatic carbocycles. The molecule has 2 rings (SSSR count). The lowest BCUT2D eigenvalue weighted by Gasteiger charge is -2.11. The Bertz CT molecular complexity index is 679. The molecule has 2 aromatic rings. The molecule has 0 fully saturated rings. The van der Waals surface area contributed by atoms with E-state index in [1.54, 1.807) is 6.07 Å². The van der Waals surface area contributed by atoms with Gasteiger partial charge in [-0.25, -0.2) is 4.39 Å². The maximum absolute atomic E-state index is 13.7. The number of nitro groups is 1. The van der Waals surface area contributed by atoms with Crippen LogP contribution < -0.4 is 10.5 Å². The van der Waals surface area contributed by atoms with Gasteiger partial charge in [0.2, 0.25) is 0 Å². The summed E-state index contributed by atoms with van der Waals surface area (Å²) >= 11 is 5.82. The zero-order valence-electron chi connectivity index (χ0n) is 10.9. The minimum absolute atomic E-state index is 0.00530. The van der Waals surface area contributed by atoms with E-state index in [0.29, 0.717) is 10.6 Å². The average Bonchev–Trinajstić information content (AvgIpc) is 2.45. The highest BCUT2D eigenvalue weighted by atomic mass is 35.5. The number of nitro benzene ring substituents is 1. The molecule has 0 heterocycles. The first kappa shape index (κ1) is 15.2. The Labute approximate surface area is 125 Å². The van der Waals surface area contributed by atoms with Crippen LogP contribution in [0.4, 0.5) is 10.1 Å². The summed E-state index contributed by atoms with van der Waals surface area (Å²) in [6.45, 7) is -0.0739. The van der Waals surface area contributed by atoms with E-state index in [2.05, 4.69) is 0 Å². The zero-order valence-corrected chi connectivity index (χ0v) is 11.6. The SMILES string of the molecule is NCc1cccc(F)c1OCc1cc(Cl)ccc1[N+](=O)[O-]. The molecule has 0 amide bonds. The molecule has 0 saturated heterocycles. The Balaban J connectivity index is 2.28. The number of hydrogen-bond donors (Lipinski definition) is 1. The number of rotatable bonds is 5. The Kier molecular flexibility index (Phi) is 4.72. The summed E-state index contributed by atoms with van der Waals surface area (Å²) in [4.78, 5) is 10.4. The summed E-state index contributed by atoms with van der Waals surface area (Å²) < 4.78 is 19.1. The fourth-order valence-corrected chi connectivity index (χ4v) is 2.07. The lowest BCUT2D eigenvalue weighted by Crippen LogP contribution is -2.06. The Morgan fingerprint density at radius 3 is 2.71 bits per heavy atom. The molecule has 0 aliphatic rings. The second-order valence-corrected chi connectivity index (χ2v) is 4.69. The van der Waals surface area contributed by atoms with E-state index in [0.717, 1.165) is 0 Å². The summed E-state index contributed by atoms with van der Waals surface area (Å²) in [5.41, 5.74) is 6.13. The highest BCUT2D eigenvalue weighted by molar-refractivity contribution is 6.30. The van der Waals surface area contributed by atoms with Gasteiger partial charge in [0.15, 0.2) is 11.6 Å². The van der Waals surface area contributed by atoms with Crippen molar-refractivity contribution in [3.05, 3.63) is 68.5 Å². The summed E-state index contributed by atoms with van der Waals surface area (Å²) in [5, 5.41) is 11.3. The topological polar surface area (TPSA) is 78.4 Å². The average molecular weight is 311 g/mol. The van der Waals surface area contributed by atoms with Crippen molar-refractivity contribution in [2.45, 2.75) is 13.2 Å². The van der Waals surface area contributed by atoms with Crippen molar-refractivity contribution in [1.82, 2.24) is 0 Å². The van der Waals surface area contributed by atoms with Gasteiger partial charge in [0, 0.05) is 23.2 Å². The van der Waals surface area contributed by atoms with Crippen LogP contribution in [0.2, 0.25) is 5.02 Å². The molecule has 5 nitrogen and oxygen atoms in total. The number of para-hydroxylation sites is 1. The van der Waals surface area contributed by atoms with Gasteiger partial charge < -0.3 is 10.5 Å². The molecule has 7 heteroatoms. The van der Waals surface area contributed by atoms with Crippen LogP contribution in [-0.4, -0.2) is 4.92 Å². The molecule has 0 aliphatic heterocycles. The van der Waals surface area contributed by atoms with Gasteiger partial charge in [-0.15, -0.1) is 0 Å². The Hall–Kier alpha value is -2.18. The van der Waals surface area contributed by atoms with Crippen LogP contribution in [0.25, 0.3) is 0 Å². The van der Waals surface area contributed by atoms with E-state index in [9.17, 15) is 14.5 Å². The molecule has 0 aliphatic carbocycles. The molecule has 2 N–H and O–H groups in total. The van der Waals surface area contributed by atoms with Gasteiger partial charge >= 0.3 is 0 Å². The quantitative estimate of drug-likeness (QED) is 0.678. The summed E-state index contributed by atoms with van der Waals surface area (Å²) in [7, 11) is 0. The first-order chi connectivity index (χ1) is 10.0. The number of nitrogens with two attached hydrogens (primary N) is 1. The van der Waals surface area contributed by atoms with Crippen LogP contribution in [0.15, 0.2) is 36.4 Å². The number of hydrogen-bond acceptors (Lipinski definition) is 4. The molecule has 0 aromatic heterocycles. The third kappa shape index (κ3) is 3.48. The normalized spacial score (nSPS) is 10.4. The molecular formula is C14H12ClFN2O3. The van der Waals surface area contributed by atoms with Crippen LogP contribution in [0.5, 0.6) is 5.75 Å². The molecular weight excluding hydrogens is 299 g/mol. The standard InChI is InChI=1S/C14H12ClFN2O3/c15-11-4-5-13(18(19)20)10(6-11)8-21-14-9(7-17)2-1-3-12(14)16/h1-6H,7-8,17H2. The molecule has 0 saturated carbocycles. The molecule has 0 radical (unpaired) electrons. The number of nitrogens with zero attached hydrogens (tertiary/aromatic N) is 1. The van der Waals surface area contributed by atoms with Crippen molar-refractivity contribution < 1.29 is 14.1 Å². The van der Waals surface area contributed by atoms with Gasteiger partial charge in [-0.1, -0.05) is 23.7 Å². The Morgan fingerprint density at radius 1 is 1.29 bits per heavy atom. The first-order valence-corrected chi connectivity index (χ1v) is 6.43. The van der Waals surface area contributed by atoms with Gasteiger partial charge in [-0.05, 0) is 18.2 Å². The van der Waals surface area contributed by atoms with E-state index >= 15 is 0 Å². The minimum Gasteiger partial charge on any atom is -0.485 e. The number of halogens is 2. The maximum Gasteiger partial charge on any atom is 0.276 e. The van der Waals surface area contributed by atoms with E-state index in [1.807, 2.05) is 0 Å². The summed E-state index contributed by atoms with van der Waals surface area (Å²) in [6, 6.07) is 8.50. The van der Waals surface area contributed by atoms with Crippen LogP contribution in [0, 0.1) is 15.9 Å². The second-order valence-electron chi connectivity index (χ2n) is 4.25. The fraction of sp³-hybridized carbons (Fsp3) is 0.143. The molecule has 0 atom stereocenters.